The Morgan fingerprint density at radius 1 is 1.13 bits per heavy atom. The summed E-state index contributed by atoms with van der Waals surface area (Å²) in [7, 11) is -0.446. The van der Waals surface area contributed by atoms with Crippen LogP contribution in [0, 0.1) is 0 Å². The SMILES string of the molecule is CC1=NC(/C=C2\C(=O)Nc3ccc(S(=O)(=O)N(C)c4cccc(Cl)c4)cc32)C(C)=C1C(=O)N1CCN(C)CC1. The molecule has 11 heteroatoms. The number of nitrogens with one attached hydrogen (secondary N) is 1. The average Bonchev–Trinajstić information content (AvgIpc) is 3.37. The van der Waals surface area contributed by atoms with Crippen LogP contribution in [0.25, 0.3) is 5.57 Å². The minimum atomic E-state index is -3.94. The molecule has 0 spiro atoms. The number of rotatable bonds is 5. The number of hydrogen-bond donors (Lipinski definition) is 1. The number of aliphatic imine (C=N–C) groups is 1. The molecule has 0 aliphatic carbocycles. The number of benzene rings is 2. The maximum Gasteiger partial charge on any atom is 0.264 e. The molecule has 1 atom stereocenters. The van der Waals surface area contributed by atoms with Gasteiger partial charge in [-0.2, -0.15) is 0 Å². The van der Waals surface area contributed by atoms with Crippen molar-refractivity contribution in [1.82, 2.24) is 9.80 Å². The Morgan fingerprint density at radius 2 is 1.85 bits per heavy atom. The quantitative estimate of drug-likeness (QED) is 0.558. The van der Waals surface area contributed by atoms with Crippen LogP contribution in [0.3, 0.4) is 0 Å². The van der Waals surface area contributed by atoms with Crippen LogP contribution >= 0.6 is 11.6 Å². The van der Waals surface area contributed by atoms with Crippen molar-refractivity contribution in [2.75, 3.05) is 49.9 Å². The van der Waals surface area contributed by atoms with Crippen molar-refractivity contribution in [3.63, 3.8) is 0 Å². The van der Waals surface area contributed by atoms with Crippen LogP contribution in [0.2, 0.25) is 5.02 Å². The van der Waals surface area contributed by atoms with Crippen LogP contribution in [-0.2, 0) is 19.6 Å². The molecule has 1 unspecified atom stereocenters. The molecule has 0 saturated carbocycles. The van der Waals surface area contributed by atoms with Crippen LogP contribution in [0.15, 0.2) is 69.6 Å². The molecule has 2 amide bonds. The second-order valence-electron chi connectivity index (χ2n) is 10.0. The molecule has 3 heterocycles. The monoisotopic (exact) mass is 567 g/mol. The highest BCUT2D eigenvalue weighted by atomic mass is 35.5. The Morgan fingerprint density at radius 3 is 2.54 bits per heavy atom. The Bertz CT molecular complexity index is 1570. The maximum absolute atomic E-state index is 13.4. The second kappa shape index (κ2) is 10.3. The third-order valence-electron chi connectivity index (χ3n) is 7.47. The summed E-state index contributed by atoms with van der Waals surface area (Å²) < 4.78 is 28.0. The zero-order valence-electron chi connectivity index (χ0n) is 22.2. The first kappa shape index (κ1) is 27.1. The van der Waals surface area contributed by atoms with Gasteiger partial charge < -0.3 is 15.1 Å². The molecule has 0 aromatic heterocycles. The zero-order chi connectivity index (χ0) is 28.1. The Hall–Kier alpha value is -3.47. The molecule has 9 nitrogen and oxygen atoms in total. The summed E-state index contributed by atoms with van der Waals surface area (Å²) in [6.45, 7) is 6.61. The topological polar surface area (TPSA) is 102 Å². The van der Waals surface area contributed by atoms with Crippen molar-refractivity contribution >= 4 is 56.1 Å². The fraction of sp³-hybridized carbons (Fsp3) is 0.321. The van der Waals surface area contributed by atoms with Gasteiger partial charge in [-0.1, -0.05) is 17.7 Å². The Balaban J connectivity index is 1.46. The third-order valence-corrected chi connectivity index (χ3v) is 9.48. The number of hydrogen-bond acceptors (Lipinski definition) is 6. The first-order valence-corrected chi connectivity index (χ1v) is 14.4. The first-order chi connectivity index (χ1) is 18.5. The van der Waals surface area contributed by atoms with Gasteiger partial charge in [-0.3, -0.25) is 18.9 Å². The van der Waals surface area contributed by atoms with Gasteiger partial charge in [0.25, 0.3) is 21.8 Å². The van der Waals surface area contributed by atoms with Gasteiger partial charge in [0.15, 0.2) is 0 Å². The lowest BCUT2D eigenvalue weighted by atomic mass is 9.98. The number of nitrogens with zero attached hydrogens (tertiary/aromatic N) is 4. The second-order valence-corrected chi connectivity index (χ2v) is 12.4. The van der Waals surface area contributed by atoms with E-state index in [1.165, 1.54) is 19.2 Å². The number of halogens is 1. The smallest absolute Gasteiger partial charge is 0.264 e. The average molecular weight is 568 g/mol. The van der Waals surface area contributed by atoms with Crippen LogP contribution < -0.4 is 9.62 Å². The standard InChI is InChI=1S/C28H30ClN5O4S/c1-17-25(30-18(2)26(17)28(36)34-12-10-32(3)11-13-34)16-23-22-15-21(8-9-24(22)31-27(23)35)39(37,38)33(4)20-7-5-6-19(29)14-20/h5-9,14-16,25H,10-13H2,1-4H3,(H,31,35)/b23-16-. The van der Waals surface area contributed by atoms with Gasteiger partial charge in [-0.25, -0.2) is 8.42 Å². The minimum Gasteiger partial charge on any atom is -0.336 e. The van der Waals surface area contributed by atoms with Crippen molar-refractivity contribution in [3.05, 3.63) is 70.3 Å². The minimum absolute atomic E-state index is 0.0374. The molecule has 1 saturated heterocycles. The van der Waals surface area contributed by atoms with Crippen molar-refractivity contribution < 1.29 is 18.0 Å². The van der Waals surface area contributed by atoms with Crippen LogP contribution in [0.4, 0.5) is 11.4 Å². The Labute approximate surface area is 233 Å². The highest BCUT2D eigenvalue weighted by Crippen LogP contribution is 2.37. The number of sulfonamides is 1. The molecule has 3 aliphatic heterocycles. The van der Waals surface area contributed by atoms with Crippen molar-refractivity contribution in [2.24, 2.45) is 4.99 Å². The molecular formula is C28H30ClN5O4S. The number of carbonyl (C=O) groups is 2. The molecule has 1 N–H and O–H groups in total. The fourth-order valence-corrected chi connectivity index (χ4v) is 6.48. The van der Waals surface area contributed by atoms with E-state index in [9.17, 15) is 18.0 Å². The largest absolute Gasteiger partial charge is 0.336 e. The van der Waals surface area contributed by atoms with E-state index in [2.05, 4.69) is 15.2 Å². The first-order valence-electron chi connectivity index (χ1n) is 12.6. The van der Waals surface area contributed by atoms with E-state index in [-0.39, 0.29) is 16.7 Å². The summed E-state index contributed by atoms with van der Waals surface area (Å²) in [4.78, 5) is 35.0. The normalized spacial score (nSPS) is 20.8. The predicted molar refractivity (Wildman–Crippen MR) is 154 cm³/mol. The molecule has 39 heavy (non-hydrogen) atoms. The lowest BCUT2D eigenvalue weighted by Gasteiger charge is -2.33. The summed E-state index contributed by atoms with van der Waals surface area (Å²) in [6, 6.07) is 10.6. The molecule has 2 aromatic rings. The molecule has 0 radical (unpaired) electrons. The summed E-state index contributed by atoms with van der Waals surface area (Å²) >= 11 is 6.06. The summed E-state index contributed by atoms with van der Waals surface area (Å²) in [5.74, 6) is -0.390. The van der Waals surface area contributed by atoms with Gasteiger partial charge >= 0.3 is 0 Å². The number of piperazine rings is 1. The maximum atomic E-state index is 13.4. The number of likely N-dealkylation sites (N-methyl/N-ethyl adjacent to an activating group) is 1. The highest BCUT2D eigenvalue weighted by molar-refractivity contribution is 7.92. The van der Waals surface area contributed by atoms with E-state index in [1.807, 2.05) is 25.8 Å². The summed E-state index contributed by atoms with van der Waals surface area (Å²) in [5.41, 5.74) is 3.72. The van der Waals surface area contributed by atoms with E-state index in [4.69, 9.17) is 11.6 Å². The van der Waals surface area contributed by atoms with E-state index >= 15 is 0 Å². The van der Waals surface area contributed by atoms with Gasteiger partial charge in [0.05, 0.1) is 22.2 Å². The van der Waals surface area contributed by atoms with Crippen LogP contribution in [0.5, 0.6) is 0 Å². The highest BCUT2D eigenvalue weighted by Gasteiger charge is 2.34. The van der Waals surface area contributed by atoms with Gasteiger partial charge in [0.1, 0.15) is 0 Å². The van der Waals surface area contributed by atoms with Gasteiger partial charge in [-0.05, 0) is 68.9 Å². The molecule has 0 bridgehead atoms. The number of anilines is 2. The number of fused-ring (bicyclic) bond motifs is 1. The molecule has 204 valence electrons. The van der Waals surface area contributed by atoms with Gasteiger partial charge in [-0.15, -0.1) is 0 Å². The third kappa shape index (κ3) is 4.99. The zero-order valence-corrected chi connectivity index (χ0v) is 23.8. The summed E-state index contributed by atoms with van der Waals surface area (Å²) in [5, 5.41) is 3.23. The van der Waals surface area contributed by atoms with E-state index < -0.39 is 16.1 Å². The molecule has 2 aromatic carbocycles. The van der Waals surface area contributed by atoms with Crippen molar-refractivity contribution in [3.8, 4) is 0 Å². The molecule has 3 aliphatic rings. The van der Waals surface area contributed by atoms with Crippen LogP contribution in [-0.4, -0.2) is 82.1 Å². The lowest BCUT2D eigenvalue weighted by Crippen LogP contribution is -2.48. The van der Waals surface area contributed by atoms with Crippen molar-refractivity contribution in [1.29, 1.82) is 0 Å². The lowest BCUT2D eigenvalue weighted by molar-refractivity contribution is -0.128. The number of amides is 2. The van der Waals surface area contributed by atoms with E-state index in [1.54, 1.807) is 36.4 Å². The summed E-state index contributed by atoms with van der Waals surface area (Å²) in [6.07, 6.45) is 1.71. The Kier molecular flexibility index (Phi) is 7.13. The molecule has 1 fully saturated rings. The fourth-order valence-electron chi connectivity index (χ4n) is 5.08. The predicted octanol–water partition coefficient (Wildman–Crippen LogP) is 3.43. The van der Waals surface area contributed by atoms with Gasteiger partial charge in [0, 0.05) is 60.8 Å². The number of carbonyl (C=O) groups excluding carboxylic acids is 2. The molecule has 5 rings (SSSR count). The van der Waals surface area contributed by atoms with Crippen LogP contribution in [0.1, 0.15) is 19.4 Å². The molecular weight excluding hydrogens is 538 g/mol. The van der Waals surface area contributed by atoms with E-state index in [0.717, 1.165) is 23.0 Å². The van der Waals surface area contributed by atoms with E-state index in [0.29, 0.717) is 51.9 Å². The van der Waals surface area contributed by atoms with Gasteiger partial charge in [0.2, 0.25) is 0 Å². The van der Waals surface area contributed by atoms with Crippen molar-refractivity contribution in [2.45, 2.75) is 24.8 Å².